The van der Waals surface area contributed by atoms with Gasteiger partial charge in [-0.15, -0.1) is 0 Å². The van der Waals surface area contributed by atoms with Crippen molar-refractivity contribution in [3.8, 4) is 17.0 Å². The molecule has 0 fully saturated rings. The normalized spacial score (nSPS) is 10.1. The second kappa shape index (κ2) is 6.01. The molecule has 0 bridgehead atoms. The molecule has 0 spiro atoms. The van der Waals surface area contributed by atoms with Crippen LogP contribution in [0.3, 0.4) is 0 Å². The number of anilines is 1. The summed E-state index contributed by atoms with van der Waals surface area (Å²) in [7, 11) is 3.26. The first-order chi connectivity index (χ1) is 9.61. The first-order valence-corrected chi connectivity index (χ1v) is 6.00. The third-order valence-corrected chi connectivity index (χ3v) is 2.80. The molecule has 20 heavy (non-hydrogen) atoms. The fraction of sp³-hybridized carbons (Fsp3) is 0.214. The van der Waals surface area contributed by atoms with E-state index in [1.165, 1.54) is 6.33 Å². The maximum atomic E-state index is 10.7. The highest BCUT2D eigenvalue weighted by molar-refractivity contribution is 5.74. The van der Waals surface area contributed by atoms with Crippen molar-refractivity contribution in [2.75, 3.05) is 25.6 Å². The van der Waals surface area contributed by atoms with Crippen LogP contribution in [0.4, 0.5) is 5.82 Å². The predicted molar refractivity (Wildman–Crippen MR) is 74.9 cm³/mol. The van der Waals surface area contributed by atoms with Crippen LogP contribution < -0.4 is 9.64 Å². The third-order valence-electron chi connectivity index (χ3n) is 2.80. The molecule has 0 aliphatic rings. The summed E-state index contributed by atoms with van der Waals surface area (Å²) in [5.74, 6) is 0.339. The van der Waals surface area contributed by atoms with E-state index in [0.29, 0.717) is 17.3 Å². The van der Waals surface area contributed by atoms with Crippen LogP contribution in [0, 0.1) is 0 Å². The monoisotopic (exact) mass is 273 g/mol. The molecule has 0 saturated carbocycles. The van der Waals surface area contributed by atoms with Crippen LogP contribution in [0.5, 0.6) is 5.75 Å². The number of hydrogen-bond donors (Lipinski definition) is 1. The average Bonchev–Trinajstić information content (AvgIpc) is 2.46. The van der Waals surface area contributed by atoms with Gasteiger partial charge in [0.2, 0.25) is 0 Å². The molecule has 1 heterocycles. The van der Waals surface area contributed by atoms with Gasteiger partial charge in [-0.3, -0.25) is 4.79 Å². The number of benzene rings is 1. The SMILES string of the molecule is COc1ccccc1-c1cc(N(C)CC(=O)O)ncn1. The fourth-order valence-electron chi connectivity index (χ4n) is 1.84. The highest BCUT2D eigenvalue weighted by atomic mass is 16.5. The minimum atomic E-state index is -0.912. The lowest BCUT2D eigenvalue weighted by atomic mass is 10.1. The van der Waals surface area contributed by atoms with Gasteiger partial charge >= 0.3 is 5.97 Å². The zero-order valence-corrected chi connectivity index (χ0v) is 11.3. The van der Waals surface area contributed by atoms with Crippen LogP contribution in [0.2, 0.25) is 0 Å². The average molecular weight is 273 g/mol. The van der Waals surface area contributed by atoms with Crippen molar-refractivity contribution < 1.29 is 14.6 Å². The predicted octanol–water partition coefficient (Wildman–Crippen LogP) is 1.67. The second-order valence-corrected chi connectivity index (χ2v) is 4.21. The fourth-order valence-corrected chi connectivity index (χ4v) is 1.84. The smallest absolute Gasteiger partial charge is 0.323 e. The van der Waals surface area contributed by atoms with Gasteiger partial charge in [-0.25, -0.2) is 9.97 Å². The molecule has 1 N–H and O–H groups in total. The summed E-state index contributed by atoms with van der Waals surface area (Å²) in [5.41, 5.74) is 1.52. The summed E-state index contributed by atoms with van der Waals surface area (Å²) in [6.07, 6.45) is 1.41. The Bertz CT molecular complexity index is 616. The molecule has 0 radical (unpaired) electrons. The van der Waals surface area contributed by atoms with Crippen molar-refractivity contribution in [2.24, 2.45) is 0 Å². The molecule has 6 heteroatoms. The summed E-state index contributed by atoms with van der Waals surface area (Å²) in [6.45, 7) is -0.123. The molecule has 6 nitrogen and oxygen atoms in total. The van der Waals surface area contributed by atoms with Crippen LogP contribution in [0.25, 0.3) is 11.3 Å². The molecule has 0 aliphatic carbocycles. The number of nitrogens with zero attached hydrogens (tertiary/aromatic N) is 3. The zero-order chi connectivity index (χ0) is 14.5. The Morgan fingerprint density at radius 3 is 2.80 bits per heavy atom. The summed E-state index contributed by atoms with van der Waals surface area (Å²) < 4.78 is 5.30. The Balaban J connectivity index is 2.36. The lowest BCUT2D eigenvalue weighted by Crippen LogP contribution is -2.25. The van der Waals surface area contributed by atoms with Crippen molar-refractivity contribution in [1.82, 2.24) is 9.97 Å². The molecule has 0 aliphatic heterocycles. The highest BCUT2D eigenvalue weighted by Crippen LogP contribution is 2.29. The molecule has 104 valence electrons. The van der Waals surface area contributed by atoms with E-state index in [1.54, 1.807) is 25.1 Å². The Labute approximate surface area is 116 Å². The number of ether oxygens (including phenoxy) is 1. The second-order valence-electron chi connectivity index (χ2n) is 4.21. The van der Waals surface area contributed by atoms with Crippen molar-refractivity contribution in [3.05, 3.63) is 36.7 Å². The van der Waals surface area contributed by atoms with E-state index in [9.17, 15) is 4.79 Å². The number of para-hydroxylation sites is 1. The van der Waals surface area contributed by atoms with Gasteiger partial charge in [0.25, 0.3) is 0 Å². The van der Waals surface area contributed by atoms with Gasteiger partial charge in [0.15, 0.2) is 0 Å². The molecular formula is C14H15N3O3. The van der Waals surface area contributed by atoms with E-state index < -0.39 is 5.97 Å². The van der Waals surface area contributed by atoms with Crippen molar-refractivity contribution >= 4 is 11.8 Å². The van der Waals surface area contributed by atoms with Crippen LogP contribution in [-0.4, -0.2) is 41.7 Å². The molecule has 0 unspecified atom stereocenters. The van der Waals surface area contributed by atoms with Gasteiger partial charge in [-0.05, 0) is 12.1 Å². The molecule has 0 amide bonds. The van der Waals surface area contributed by atoms with Crippen LogP contribution in [-0.2, 0) is 4.79 Å². The van der Waals surface area contributed by atoms with Crippen LogP contribution >= 0.6 is 0 Å². The van der Waals surface area contributed by atoms with Crippen LogP contribution in [0.1, 0.15) is 0 Å². The Kier molecular flexibility index (Phi) is 4.14. The minimum absolute atomic E-state index is 0.123. The molecule has 2 aromatic rings. The van der Waals surface area contributed by atoms with Gasteiger partial charge in [0.05, 0.1) is 12.8 Å². The zero-order valence-electron chi connectivity index (χ0n) is 11.3. The Morgan fingerprint density at radius 1 is 1.35 bits per heavy atom. The highest BCUT2D eigenvalue weighted by Gasteiger charge is 2.11. The quantitative estimate of drug-likeness (QED) is 0.893. The van der Waals surface area contributed by atoms with Crippen molar-refractivity contribution in [3.63, 3.8) is 0 Å². The standard InChI is InChI=1S/C14H15N3O3/c1-17(8-14(18)19)13-7-11(15-9-16-13)10-5-3-4-6-12(10)20-2/h3-7,9H,8H2,1-2H3,(H,18,19). The van der Waals surface area contributed by atoms with Crippen LogP contribution in [0.15, 0.2) is 36.7 Å². The van der Waals surface area contributed by atoms with Gasteiger partial charge in [0, 0.05) is 18.7 Å². The van der Waals surface area contributed by atoms with E-state index in [4.69, 9.17) is 9.84 Å². The topological polar surface area (TPSA) is 75.5 Å². The summed E-state index contributed by atoms with van der Waals surface area (Å²) >= 11 is 0. The lowest BCUT2D eigenvalue weighted by Gasteiger charge is -2.16. The number of aliphatic carboxylic acids is 1. The first kappa shape index (κ1) is 13.8. The third kappa shape index (κ3) is 3.03. The van der Waals surface area contributed by atoms with E-state index in [1.807, 2.05) is 24.3 Å². The van der Waals surface area contributed by atoms with Gasteiger partial charge in [-0.2, -0.15) is 0 Å². The van der Waals surface area contributed by atoms with Gasteiger partial charge < -0.3 is 14.7 Å². The van der Waals surface area contributed by atoms with Crippen molar-refractivity contribution in [1.29, 1.82) is 0 Å². The van der Waals surface area contributed by atoms with E-state index in [2.05, 4.69) is 9.97 Å². The molecule has 1 aromatic carbocycles. The maximum absolute atomic E-state index is 10.7. The summed E-state index contributed by atoms with van der Waals surface area (Å²) in [4.78, 5) is 20.6. The summed E-state index contributed by atoms with van der Waals surface area (Å²) in [5, 5.41) is 8.81. The van der Waals surface area contributed by atoms with E-state index in [-0.39, 0.29) is 6.54 Å². The van der Waals surface area contributed by atoms with Gasteiger partial charge in [0.1, 0.15) is 24.4 Å². The van der Waals surface area contributed by atoms with Crippen molar-refractivity contribution in [2.45, 2.75) is 0 Å². The van der Waals surface area contributed by atoms with E-state index in [0.717, 1.165) is 5.56 Å². The largest absolute Gasteiger partial charge is 0.496 e. The molecule has 1 aromatic heterocycles. The first-order valence-electron chi connectivity index (χ1n) is 6.00. The number of aromatic nitrogens is 2. The lowest BCUT2D eigenvalue weighted by molar-refractivity contribution is -0.135. The molecular weight excluding hydrogens is 258 g/mol. The number of carboxylic acids is 1. The molecule has 2 rings (SSSR count). The number of carboxylic acid groups (broad SMARTS) is 1. The Morgan fingerprint density at radius 2 is 2.10 bits per heavy atom. The number of methoxy groups -OCH3 is 1. The molecule has 0 atom stereocenters. The minimum Gasteiger partial charge on any atom is -0.496 e. The van der Waals surface area contributed by atoms with Gasteiger partial charge in [-0.1, -0.05) is 12.1 Å². The Hall–Kier alpha value is -2.63. The maximum Gasteiger partial charge on any atom is 0.323 e. The number of rotatable bonds is 5. The van der Waals surface area contributed by atoms with E-state index >= 15 is 0 Å². The summed E-state index contributed by atoms with van der Waals surface area (Å²) in [6, 6.07) is 9.24. The number of likely N-dealkylation sites (N-methyl/N-ethyl adjacent to an activating group) is 1. The number of carbonyl (C=O) groups is 1. The molecule has 0 saturated heterocycles. The number of hydrogen-bond acceptors (Lipinski definition) is 5.